The molecule has 0 amide bonds. The molecule has 0 fully saturated rings. The van der Waals surface area contributed by atoms with Crippen LogP contribution in [0, 0.1) is 0 Å². The number of hydrogen-bond acceptors (Lipinski definition) is 2. The summed E-state index contributed by atoms with van der Waals surface area (Å²) in [4.78, 5) is 11.0. The van der Waals surface area contributed by atoms with Crippen LogP contribution in [0.4, 0.5) is 13.2 Å². The van der Waals surface area contributed by atoms with Crippen LogP contribution in [0.25, 0.3) is 0 Å². The maximum absolute atomic E-state index is 12.0. The molecule has 0 radical (unpaired) electrons. The van der Waals surface area contributed by atoms with Crippen LogP contribution in [0.5, 0.6) is 0 Å². The zero-order valence-electron chi connectivity index (χ0n) is 7.34. The number of carbonyl (C=O) groups excluding carboxylic acids is 1. The van der Waals surface area contributed by atoms with Gasteiger partial charge in [-0.1, -0.05) is 0 Å². The van der Waals surface area contributed by atoms with Gasteiger partial charge in [-0.05, 0) is 12.1 Å². The summed E-state index contributed by atoms with van der Waals surface area (Å²) < 4.78 is 41.1. The predicted molar refractivity (Wildman–Crippen MR) is 41.8 cm³/mol. The molecule has 3 nitrogen and oxygen atoms in total. The standard InChI is InChI=1S/C8H8F3NO2/c1-14-7(13)6-3-2-4-12(6)5-8(9,10)11/h2-4H,5H2,1H3. The summed E-state index contributed by atoms with van der Waals surface area (Å²) in [5.41, 5.74) is -0.107. The minimum absolute atomic E-state index is 0.107. The van der Waals surface area contributed by atoms with Crippen molar-refractivity contribution in [1.82, 2.24) is 4.57 Å². The van der Waals surface area contributed by atoms with Gasteiger partial charge in [-0.25, -0.2) is 4.79 Å². The highest BCUT2D eigenvalue weighted by atomic mass is 19.4. The number of ether oxygens (including phenoxy) is 1. The number of halogens is 3. The van der Waals surface area contributed by atoms with Crippen LogP contribution >= 0.6 is 0 Å². The van der Waals surface area contributed by atoms with Gasteiger partial charge in [0, 0.05) is 6.20 Å². The van der Waals surface area contributed by atoms with E-state index in [1.165, 1.54) is 18.3 Å². The maximum Gasteiger partial charge on any atom is 0.406 e. The molecule has 0 aliphatic heterocycles. The second kappa shape index (κ2) is 3.73. The van der Waals surface area contributed by atoms with Gasteiger partial charge >= 0.3 is 12.1 Å². The smallest absolute Gasteiger partial charge is 0.406 e. The Balaban J connectivity index is 2.88. The minimum Gasteiger partial charge on any atom is -0.464 e. The molecule has 0 aliphatic rings. The Morgan fingerprint density at radius 1 is 1.57 bits per heavy atom. The van der Waals surface area contributed by atoms with Crippen LogP contribution in [0.15, 0.2) is 18.3 Å². The van der Waals surface area contributed by atoms with Gasteiger partial charge in [0.1, 0.15) is 12.2 Å². The van der Waals surface area contributed by atoms with Crippen LogP contribution in [0.2, 0.25) is 0 Å². The Kier molecular flexibility index (Phi) is 2.83. The van der Waals surface area contributed by atoms with E-state index in [1.807, 2.05) is 0 Å². The normalized spacial score (nSPS) is 11.4. The Hall–Kier alpha value is -1.46. The third-order valence-corrected chi connectivity index (χ3v) is 1.57. The van der Waals surface area contributed by atoms with Crippen LogP contribution in [0.1, 0.15) is 10.5 Å². The van der Waals surface area contributed by atoms with E-state index in [2.05, 4.69) is 4.74 Å². The topological polar surface area (TPSA) is 31.2 Å². The fourth-order valence-corrected chi connectivity index (χ4v) is 1.04. The van der Waals surface area contributed by atoms with E-state index in [1.54, 1.807) is 0 Å². The largest absolute Gasteiger partial charge is 0.464 e. The SMILES string of the molecule is COC(=O)c1cccn1CC(F)(F)F. The van der Waals surface area contributed by atoms with Gasteiger partial charge in [-0.2, -0.15) is 13.2 Å². The van der Waals surface area contributed by atoms with Crippen molar-refractivity contribution >= 4 is 5.97 Å². The molecule has 0 unspecified atom stereocenters. The van der Waals surface area contributed by atoms with Crippen molar-refractivity contribution in [2.24, 2.45) is 0 Å². The maximum atomic E-state index is 12.0. The highest BCUT2D eigenvalue weighted by molar-refractivity contribution is 5.87. The molecule has 1 aromatic heterocycles. The third kappa shape index (κ3) is 2.51. The quantitative estimate of drug-likeness (QED) is 0.693. The van der Waals surface area contributed by atoms with E-state index < -0.39 is 18.7 Å². The average Bonchev–Trinajstić information content (AvgIpc) is 2.48. The Bertz CT molecular complexity index is 330. The molecule has 0 atom stereocenters. The van der Waals surface area contributed by atoms with E-state index in [9.17, 15) is 18.0 Å². The number of nitrogens with zero attached hydrogens (tertiary/aromatic N) is 1. The summed E-state index contributed by atoms with van der Waals surface area (Å²) >= 11 is 0. The summed E-state index contributed by atoms with van der Waals surface area (Å²) in [6.45, 7) is -1.19. The highest BCUT2D eigenvalue weighted by Gasteiger charge is 2.29. The number of esters is 1. The number of alkyl halides is 3. The van der Waals surface area contributed by atoms with Crippen molar-refractivity contribution in [1.29, 1.82) is 0 Å². The number of carbonyl (C=O) groups is 1. The summed E-state index contributed by atoms with van der Waals surface area (Å²) in [5, 5.41) is 0. The molecular formula is C8H8F3NO2. The number of hydrogen-bond donors (Lipinski definition) is 0. The zero-order valence-corrected chi connectivity index (χ0v) is 7.34. The van der Waals surface area contributed by atoms with Crippen molar-refractivity contribution in [3.05, 3.63) is 24.0 Å². The molecule has 0 aliphatic carbocycles. The molecule has 1 aromatic rings. The second-order valence-electron chi connectivity index (χ2n) is 2.63. The molecule has 0 spiro atoms. The minimum atomic E-state index is -4.35. The first kappa shape index (κ1) is 10.6. The Morgan fingerprint density at radius 2 is 2.21 bits per heavy atom. The van der Waals surface area contributed by atoms with E-state index in [4.69, 9.17) is 0 Å². The average molecular weight is 207 g/mol. The number of aromatic nitrogens is 1. The number of methoxy groups -OCH3 is 1. The van der Waals surface area contributed by atoms with Crippen molar-refractivity contribution in [3.63, 3.8) is 0 Å². The van der Waals surface area contributed by atoms with E-state index >= 15 is 0 Å². The zero-order chi connectivity index (χ0) is 10.8. The van der Waals surface area contributed by atoms with Gasteiger partial charge in [-0.15, -0.1) is 0 Å². The predicted octanol–water partition coefficient (Wildman–Crippen LogP) is 1.84. The van der Waals surface area contributed by atoms with Crippen molar-refractivity contribution in [2.45, 2.75) is 12.7 Å². The molecule has 0 N–H and O–H groups in total. The van der Waals surface area contributed by atoms with Crippen molar-refractivity contribution < 1.29 is 22.7 Å². The van der Waals surface area contributed by atoms with Crippen LogP contribution in [0.3, 0.4) is 0 Å². The molecule has 0 bridgehead atoms. The fourth-order valence-electron chi connectivity index (χ4n) is 1.04. The van der Waals surface area contributed by atoms with Crippen LogP contribution < -0.4 is 0 Å². The van der Waals surface area contributed by atoms with Gasteiger partial charge < -0.3 is 9.30 Å². The lowest BCUT2D eigenvalue weighted by Crippen LogP contribution is -2.20. The van der Waals surface area contributed by atoms with Crippen LogP contribution in [-0.4, -0.2) is 23.8 Å². The molecule has 6 heteroatoms. The highest BCUT2D eigenvalue weighted by Crippen LogP contribution is 2.19. The molecule has 78 valence electrons. The lowest BCUT2D eigenvalue weighted by Gasteiger charge is -2.10. The third-order valence-electron chi connectivity index (χ3n) is 1.57. The molecular weight excluding hydrogens is 199 g/mol. The summed E-state index contributed by atoms with van der Waals surface area (Å²) in [5.74, 6) is -0.778. The summed E-state index contributed by atoms with van der Waals surface area (Å²) in [6.07, 6.45) is -3.17. The molecule has 1 rings (SSSR count). The first-order valence-corrected chi connectivity index (χ1v) is 3.74. The summed E-state index contributed by atoms with van der Waals surface area (Å²) in [7, 11) is 1.12. The first-order valence-electron chi connectivity index (χ1n) is 3.74. The van der Waals surface area contributed by atoms with Gasteiger partial charge in [-0.3, -0.25) is 0 Å². The van der Waals surface area contributed by atoms with Gasteiger partial charge in [0.25, 0.3) is 0 Å². The van der Waals surface area contributed by atoms with Crippen molar-refractivity contribution in [2.75, 3.05) is 7.11 Å². The fraction of sp³-hybridized carbons (Fsp3) is 0.375. The monoisotopic (exact) mass is 207 g/mol. The molecule has 0 saturated heterocycles. The van der Waals surface area contributed by atoms with Crippen molar-refractivity contribution in [3.8, 4) is 0 Å². The molecule has 1 heterocycles. The Labute approximate surface area is 78.1 Å². The van der Waals surface area contributed by atoms with Gasteiger partial charge in [0.15, 0.2) is 0 Å². The lowest BCUT2D eigenvalue weighted by molar-refractivity contribution is -0.140. The van der Waals surface area contributed by atoms with Gasteiger partial charge in [0.2, 0.25) is 0 Å². The second-order valence-corrected chi connectivity index (χ2v) is 2.63. The van der Waals surface area contributed by atoms with Gasteiger partial charge in [0.05, 0.1) is 7.11 Å². The molecule has 14 heavy (non-hydrogen) atoms. The lowest BCUT2D eigenvalue weighted by atomic mass is 10.4. The van der Waals surface area contributed by atoms with Crippen LogP contribution in [-0.2, 0) is 11.3 Å². The van der Waals surface area contributed by atoms with E-state index in [-0.39, 0.29) is 5.69 Å². The van der Waals surface area contributed by atoms with E-state index in [0.29, 0.717) is 0 Å². The molecule has 0 saturated carbocycles. The Morgan fingerprint density at radius 3 is 2.71 bits per heavy atom. The summed E-state index contributed by atoms with van der Waals surface area (Å²) in [6, 6.07) is 2.63. The molecule has 0 aromatic carbocycles. The number of rotatable bonds is 2. The van der Waals surface area contributed by atoms with E-state index in [0.717, 1.165) is 11.7 Å². The first-order chi connectivity index (χ1) is 6.44.